The third-order valence-electron chi connectivity index (χ3n) is 4.64. The highest BCUT2D eigenvalue weighted by Crippen LogP contribution is 2.36. The van der Waals surface area contributed by atoms with Gasteiger partial charge in [-0.2, -0.15) is 0 Å². The van der Waals surface area contributed by atoms with Gasteiger partial charge in [0, 0.05) is 23.6 Å². The Labute approximate surface area is 168 Å². The molecule has 0 aliphatic carbocycles. The first-order valence-corrected chi connectivity index (χ1v) is 9.85. The maximum absolute atomic E-state index is 9.75. The number of rotatable bonds is 7. The molecule has 1 heterocycles. The van der Waals surface area contributed by atoms with E-state index in [1.165, 1.54) is 0 Å². The Hall–Kier alpha value is -1.60. The summed E-state index contributed by atoms with van der Waals surface area (Å²) in [6.45, 7) is 4.70. The summed E-state index contributed by atoms with van der Waals surface area (Å²) in [5, 5.41) is 9.75. The Morgan fingerprint density at radius 3 is 2.56 bits per heavy atom. The average molecular weight is 437 g/mol. The number of hydrogen-bond donors (Lipinski definition) is 1. The van der Waals surface area contributed by atoms with Crippen LogP contribution < -0.4 is 9.47 Å². The number of halogens is 1. The van der Waals surface area contributed by atoms with Crippen LogP contribution in [-0.4, -0.2) is 31.7 Å². The first-order chi connectivity index (χ1) is 13.0. The van der Waals surface area contributed by atoms with E-state index in [2.05, 4.69) is 22.0 Å². The Morgan fingerprint density at radius 1 is 1.15 bits per heavy atom. The van der Waals surface area contributed by atoms with Gasteiger partial charge in [0.2, 0.25) is 0 Å². The van der Waals surface area contributed by atoms with Crippen molar-refractivity contribution < 1.29 is 24.1 Å². The number of benzene rings is 2. The molecule has 2 aromatic rings. The Balaban J connectivity index is 1.91. The lowest BCUT2D eigenvalue weighted by Crippen LogP contribution is -2.34. The van der Waals surface area contributed by atoms with Gasteiger partial charge in [0.25, 0.3) is 0 Å². The molecule has 5 nitrogen and oxygen atoms in total. The second kappa shape index (κ2) is 8.61. The predicted molar refractivity (Wildman–Crippen MR) is 106 cm³/mol. The summed E-state index contributed by atoms with van der Waals surface area (Å²) < 4.78 is 23.7. The molecule has 1 aliphatic heterocycles. The van der Waals surface area contributed by atoms with E-state index >= 15 is 0 Å². The van der Waals surface area contributed by atoms with Crippen LogP contribution in [0.25, 0.3) is 0 Å². The van der Waals surface area contributed by atoms with E-state index < -0.39 is 12.1 Å². The van der Waals surface area contributed by atoms with Crippen LogP contribution >= 0.6 is 15.9 Å². The van der Waals surface area contributed by atoms with Crippen molar-refractivity contribution in [2.24, 2.45) is 0 Å². The van der Waals surface area contributed by atoms with E-state index in [-0.39, 0.29) is 0 Å². The largest absolute Gasteiger partial charge is 0.486 e. The van der Waals surface area contributed by atoms with Crippen molar-refractivity contribution >= 4 is 15.9 Å². The average Bonchev–Trinajstić information content (AvgIpc) is 2.67. The van der Waals surface area contributed by atoms with Gasteiger partial charge >= 0.3 is 0 Å². The maximum atomic E-state index is 9.75. The second-order valence-electron chi connectivity index (χ2n) is 6.49. The molecule has 1 aliphatic rings. The number of ether oxygens (including phenoxy) is 4. The minimum absolute atomic E-state index is 0.569. The van der Waals surface area contributed by atoms with Gasteiger partial charge in [-0.15, -0.1) is 0 Å². The van der Waals surface area contributed by atoms with Gasteiger partial charge < -0.3 is 24.1 Å². The summed E-state index contributed by atoms with van der Waals surface area (Å²) in [6.07, 6.45) is 0.345. The van der Waals surface area contributed by atoms with E-state index in [0.29, 0.717) is 26.1 Å². The summed E-state index contributed by atoms with van der Waals surface area (Å²) >= 11 is 3.64. The summed E-state index contributed by atoms with van der Waals surface area (Å²) in [6, 6.07) is 12.0. The molecule has 146 valence electrons. The predicted octanol–water partition coefficient (Wildman–Crippen LogP) is 4.38. The van der Waals surface area contributed by atoms with Crippen molar-refractivity contribution in [3.05, 3.63) is 57.6 Å². The fourth-order valence-electron chi connectivity index (χ4n) is 3.31. The van der Waals surface area contributed by atoms with Gasteiger partial charge in [-0.05, 0) is 48.7 Å². The quantitative estimate of drug-likeness (QED) is 0.652. The first kappa shape index (κ1) is 20.1. The van der Waals surface area contributed by atoms with Crippen LogP contribution in [-0.2, 0) is 21.7 Å². The third kappa shape index (κ3) is 4.46. The Kier molecular flexibility index (Phi) is 6.42. The molecule has 0 saturated heterocycles. The second-order valence-corrected chi connectivity index (χ2v) is 7.34. The van der Waals surface area contributed by atoms with Gasteiger partial charge in [-0.3, -0.25) is 0 Å². The monoisotopic (exact) mass is 436 g/mol. The van der Waals surface area contributed by atoms with Gasteiger partial charge in [0.15, 0.2) is 23.6 Å². The molecule has 1 N–H and O–H groups in total. The highest BCUT2D eigenvalue weighted by molar-refractivity contribution is 9.10. The number of methoxy groups -OCH3 is 1. The van der Waals surface area contributed by atoms with Crippen LogP contribution in [0, 0.1) is 0 Å². The van der Waals surface area contributed by atoms with Gasteiger partial charge in [-0.25, -0.2) is 0 Å². The zero-order chi connectivity index (χ0) is 19.4. The van der Waals surface area contributed by atoms with E-state index in [4.69, 9.17) is 18.9 Å². The fourth-order valence-corrected chi connectivity index (χ4v) is 3.69. The van der Waals surface area contributed by atoms with Crippen LogP contribution in [0.15, 0.2) is 40.9 Å². The molecule has 0 amide bonds. The maximum Gasteiger partial charge on any atom is 0.197 e. The van der Waals surface area contributed by atoms with Crippen molar-refractivity contribution in [3.8, 4) is 11.5 Å². The smallest absolute Gasteiger partial charge is 0.197 e. The molecule has 0 spiro atoms. The van der Waals surface area contributed by atoms with Crippen LogP contribution in [0.1, 0.15) is 37.0 Å². The van der Waals surface area contributed by atoms with Crippen LogP contribution in [0.5, 0.6) is 11.5 Å². The van der Waals surface area contributed by atoms with E-state index in [9.17, 15) is 5.11 Å². The van der Waals surface area contributed by atoms with Gasteiger partial charge in [-0.1, -0.05) is 35.0 Å². The number of aliphatic hydroxyl groups excluding tert-OH is 1. The number of hydrogen-bond acceptors (Lipinski definition) is 5. The molecule has 0 saturated carbocycles. The molecule has 2 unspecified atom stereocenters. The Morgan fingerprint density at radius 2 is 1.89 bits per heavy atom. The minimum atomic E-state index is -0.990. The lowest BCUT2D eigenvalue weighted by Gasteiger charge is -2.33. The zero-order valence-corrected chi connectivity index (χ0v) is 17.4. The molecule has 2 aromatic carbocycles. The number of aliphatic hydroxyl groups is 1. The normalized spacial score (nSPS) is 16.6. The highest BCUT2D eigenvalue weighted by atomic mass is 79.9. The minimum Gasteiger partial charge on any atom is -0.486 e. The van der Waals surface area contributed by atoms with Crippen LogP contribution in [0.3, 0.4) is 0 Å². The van der Waals surface area contributed by atoms with Crippen LogP contribution in [0.2, 0.25) is 0 Å². The molecule has 6 heteroatoms. The molecule has 2 atom stereocenters. The van der Waals surface area contributed by atoms with Crippen molar-refractivity contribution in [1.29, 1.82) is 0 Å². The van der Waals surface area contributed by atoms with E-state index in [1.807, 2.05) is 37.3 Å². The van der Waals surface area contributed by atoms with Crippen molar-refractivity contribution in [1.82, 2.24) is 0 Å². The first-order valence-electron chi connectivity index (χ1n) is 9.06. The molecule has 0 radical (unpaired) electrons. The molecule has 0 bridgehead atoms. The molecule has 3 rings (SSSR count). The molecule has 0 fully saturated rings. The van der Waals surface area contributed by atoms with Gasteiger partial charge in [0.05, 0.1) is 0 Å². The summed E-state index contributed by atoms with van der Waals surface area (Å²) in [4.78, 5) is 0. The summed E-state index contributed by atoms with van der Waals surface area (Å²) in [5.74, 6) is 0.576. The van der Waals surface area contributed by atoms with E-state index in [0.717, 1.165) is 32.7 Å². The highest BCUT2D eigenvalue weighted by Gasteiger charge is 2.33. The topological polar surface area (TPSA) is 57.2 Å². The summed E-state index contributed by atoms with van der Waals surface area (Å²) in [5.41, 5.74) is 3.07. The van der Waals surface area contributed by atoms with Crippen molar-refractivity contribution in [2.45, 2.75) is 38.8 Å². The van der Waals surface area contributed by atoms with Gasteiger partial charge in [0.1, 0.15) is 13.2 Å². The summed E-state index contributed by atoms with van der Waals surface area (Å²) in [7, 11) is 1.59. The fraction of sp³-hybridized carbons (Fsp3) is 0.429. The molecule has 27 heavy (non-hydrogen) atoms. The molecular weight excluding hydrogens is 412 g/mol. The lowest BCUT2D eigenvalue weighted by molar-refractivity contribution is -0.295. The Bertz CT molecular complexity index is 786. The SMILES string of the molecule is CCC(OC)(OC(C)O)c1ccc(Br)c(Cc2ccc3c(c2)OCCO3)c1. The lowest BCUT2D eigenvalue weighted by atomic mass is 9.97. The number of fused-ring (bicyclic) bond motifs is 1. The molecule has 0 aromatic heterocycles. The van der Waals surface area contributed by atoms with Crippen LogP contribution in [0.4, 0.5) is 0 Å². The molecular formula is C21H25BrO5. The van der Waals surface area contributed by atoms with Crippen molar-refractivity contribution in [3.63, 3.8) is 0 Å². The zero-order valence-electron chi connectivity index (χ0n) is 15.8. The standard InChI is InChI=1S/C21H25BrO5/c1-4-21(24-3,27-14(2)23)17-6-7-18(22)16(13-17)11-15-5-8-19-20(12-15)26-10-9-25-19/h5-8,12-14,23H,4,9-11H2,1-3H3. The van der Waals surface area contributed by atoms with Crippen molar-refractivity contribution in [2.75, 3.05) is 20.3 Å². The van der Waals surface area contributed by atoms with E-state index in [1.54, 1.807) is 14.0 Å². The third-order valence-corrected chi connectivity index (χ3v) is 5.42.